The number of benzene rings is 1. The monoisotopic (exact) mass is 511 g/mol. The van der Waals surface area contributed by atoms with Crippen molar-refractivity contribution in [1.29, 1.82) is 0 Å². The minimum Gasteiger partial charge on any atom is -0.493 e. The molecule has 0 unspecified atom stereocenters. The van der Waals surface area contributed by atoms with Crippen molar-refractivity contribution in [3.8, 4) is 17.0 Å². The van der Waals surface area contributed by atoms with Gasteiger partial charge in [0.1, 0.15) is 28.2 Å². The van der Waals surface area contributed by atoms with Gasteiger partial charge in [0.05, 0.1) is 17.9 Å². The number of halogens is 1. The molecule has 0 atom stereocenters. The highest BCUT2D eigenvalue weighted by molar-refractivity contribution is 7.97. The van der Waals surface area contributed by atoms with Crippen molar-refractivity contribution in [2.45, 2.75) is 45.6 Å². The molecule has 1 aromatic carbocycles. The Kier molecular flexibility index (Phi) is 10.4. The fraction of sp³-hybridized carbons (Fsp3) is 0.370. The van der Waals surface area contributed by atoms with E-state index in [2.05, 4.69) is 32.2 Å². The van der Waals surface area contributed by atoms with Crippen LogP contribution in [-0.2, 0) is 0 Å². The van der Waals surface area contributed by atoms with Crippen LogP contribution in [-0.4, -0.2) is 35.6 Å². The number of nitrogens with zero attached hydrogens (tertiary/aromatic N) is 2. The van der Waals surface area contributed by atoms with Crippen LogP contribution in [0.4, 0.5) is 16.0 Å². The van der Waals surface area contributed by atoms with Crippen LogP contribution < -0.4 is 20.1 Å². The van der Waals surface area contributed by atoms with E-state index in [9.17, 15) is 9.18 Å². The van der Waals surface area contributed by atoms with Gasteiger partial charge in [0.2, 0.25) is 0 Å². The maximum atomic E-state index is 14.3. The second-order valence-corrected chi connectivity index (χ2v) is 9.55. The van der Waals surface area contributed by atoms with Crippen LogP contribution >= 0.6 is 11.9 Å². The number of carbonyl (C=O) groups is 1. The van der Waals surface area contributed by atoms with E-state index in [-0.39, 0.29) is 5.91 Å². The molecule has 0 fully saturated rings. The summed E-state index contributed by atoms with van der Waals surface area (Å²) in [6, 6.07) is 13.6. The Morgan fingerprint density at radius 3 is 2.56 bits per heavy atom. The number of hydrogen-bond acceptors (Lipinski definition) is 7. The van der Waals surface area contributed by atoms with E-state index in [1.54, 1.807) is 18.2 Å². The fourth-order valence-corrected chi connectivity index (χ4v) is 3.81. The van der Waals surface area contributed by atoms with Crippen LogP contribution in [0.3, 0.4) is 0 Å². The summed E-state index contributed by atoms with van der Waals surface area (Å²) in [5.74, 6) is 1.27. The zero-order valence-corrected chi connectivity index (χ0v) is 22.0. The molecular formula is C27H34FN5O2S. The molecule has 9 heteroatoms. The summed E-state index contributed by atoms with van der Waals surface area (Å²) in [4.78, 5) is 22.2. The largest absolute Gasteiger partial charge is 0.493 e. The third-order valence-corrected chi connectivity index (χ3v) is 5.68. The van der Waals surface area contributed by atoms with Crippen LogP contribution in [0.5, 0.6) is 5.75 Å². The highest BCUT2D eigenvalue weighted by atomic mass is 32.2. The lowest BCUT2D eigenvalue weighted by molar-refractivity contribution is 0.0985. The summed E-state index contributed by atoms with van der Waals surface area (Å²) in [5.41, 5.74) is 1.52. The third kappa shape index (κ3) is 8.12. The van der Waals surface area contributed by atoms with Crippen molar-refractivity contribution in [2.75, 3.05) is 30.3 Å². The second kappa shape index (κ2) is 13.7. The highest BCUT2D eigenvalue weighted by Crippen LogP contribution is 2.27. The minimum atomic E-state index is -0.405. The number of ether oxygens (including phenoxy) is 1. The van der Waals surface area contributed by atoms with E-state index in [0.717, 1.165) is 37.2 Å². The summed E-state index contributed by atoms with van der Waals surface area (Å²) in [6.45, 7) is 10.1. The van der Waals surface area contributed by atoms with Crippen molar-refractivity contribution < 1.29 is 13.9 Å². The predicted molar refractivity (Wildman–Crippen MR) is 145 cm³/mol. The molecule has 3 N–H and O–H groups in total. The topological polar surface area (TPSA) is 88.2 Å². The number of anilines is 2. The Morgan fingerprint density at radius 1 is 1.03 bits per heavy atom. The van der Waals surface area contributed by atoms with E-state index in [1.165, 1.54) is 12.1 Å². The van der Waals surface area contributed by atoms with Crippen molar-refractivity contribution >= 4 is 29.5 Å². The number of rotatable bonds is 13. The quantitative estimate of drug-likeness (QED) is 0.229. The zero-order chi connectivity index (χ0) is 25.9. The van der Waals surface area contributed by atoms with E-state index in [4.69, 9.17) is 4.74 Å². The van der Waals surface area contributed by atoms with Gasteiger partial charge >= 0.3 is 0 Å². The molecule has 0 aliphatic rings. The molecule has 36 heavy (non-hydrogen) atoms. The van der Waals surface area contributed by atoms with Gasteiger partial charge in [-0.15, -0.1) is 0 Å². The van der Waals surface area contributed by atoms with Gasteiger partial charge in [0.15, 0.2) is 0 Å². The van der Waals surface area contributed by atoms with Gasteiger partial charge in [-0.05, 0) is 55.2 Å². The first-order chi connectivity index (χ1) is 17.4. The van der Waals surface area contributed by atoms with E-state index >= 15 is 0 Å². The van der Waals surface area contributed by atoms with Crippen molar-refractivity contribution in [3.05, 3.63) is 59.9 Å². The van der Waals surface area contributed by atoms with Crippen molar-refractivity contribution in [2.24, 2.45) is 5.92 Å². The Morgan fingerprint density at radius 2 is 1.81 bits per heavy atom. The summed E-state index contributed by atoms with van der Waals surface area (Å²) >= 11 is 1.14. The number of nitrogens with one attached hydrogen (secondary N) is 3. The number of aromatic nitrogens is 2. The molecular weight excluding hydrogens is 477 g/mol. The molecule has 0 spiro atoms. The van der Waals surface area contributed by atoms with E-state index in [1.807, 2.05) is 39.0 Å². The molecule has 2 aromatic heterocycles. The van der Waals surface area contributed by atoms with Gasteiger partial charge in [-0.3, -0.25) is 9.52 Å². The first-order valence-electron chi connectivity index (χ1n) is 12.3. The standard InChI is InChI=1S/C27H34FN5O2S/c1-5-12-29-24-8-7-9-25(32-24)36-33-27(34)22-10-11-23(31-26(22)30-13-6-2)19-14-20(28)16-21(15-19)35-17-18(3)4/h7-11,14-16,18H,5-6,12-13,17H2,1-4H3,(H,29,32)(H,30,31)(H,33,34). The first kappa shape index (κ1) is 27.3. The number of carbonyl (C=O) groups excluding carboxylic acids is 1. The number of pyridine rings is 2. The molecule has 192 valence electrons. The van der Waals surface area contributed by atoms with Crippen LogP contribution in [0, 0.1) is 11.7 Å². The lowest BCUT2D eigenvalue weighted by Crippen LogP contribution is -2.19. The molecule has 7 nitrogen and oxygen atoms in total. The van der Waals surface area contributed by atoms with Gasteiger partial charge < -0.3 is 15.4 Å². The molecule has 0 saturated carbocycles. The highest BCUT2D eigenvalue weighted by Gasteiger charge is 2.16. The van der Waals surface area contributed by atoms with Crippen molar-refractivity contribution in [1.82, 2.24) is 14.7 Å². The molecule has 2 heterocycles. The third-order valence-electron chi connectivity index (χ3n) is 4.96. The smallest absolute Gasteiger partial charge is 0.265 e. The Hall–Kier alpha value is -3.33. The lowest BCUT2D eigenvalue weighted by Gasteiger charge is -2.14. The molecule has 0 radical (unpaired) electrons. The maximum absolute atomic E-state index is 14.3. The first-order valence-corrected chi connectivity index (χ1v) is 13.1. The van der Waals surface area contributed by atoms with Gasteiger partial charge in [0.25, 0.3) is 5.91 Å². The Balaban J connectivity index is 1.80. The average Bonchev–Trinajstić information content (AvgIpc) is 2.88. The van der Waals surface area contributed by atoms with Gasteiger partial charge in [-0.2, -0.15) is 0 Å². The molecule has 3 rings (SSSR count). The SMILES string of the molecule is CCCNc1cccc(SNC(=O)c2ccc(-c3cc(F)cc(OCC(C)C)c3)nc2NCCC)n1. The second-order valence-electron chi connectivity index (χ2n) is 8.72. The van der Waals surface area contributed by atoms with Crippen LogP contribution in [0.15, 0.2) is 53.6 Å². The molecule has 1 amide bonds. The molecule has 0 aliphatic heterocycles. The van der Waals surface area contributed by atoms with Gasteiger partial charge in [-0.25, -0.2) is 14.4 Å². The average molecular weight is 512 g/mol. The van der Waals surface area contributed by atoms with Crippen LogP contribution in [0.2, 0.25) is 0 Å². The van der Waals surface area contributed by atoms with Crippen LogP contribution in [0.25, 0.3) is 11.3 Å². The zero-order valence-electron chi connectivity index (χ0n) is 21.2. The Bertz CT molecular complexity index is 1160. The lowest BCUT2D eigenvalue weighted by atomic mass is 10.1. The molecule has 3 aromatic rings. The molecule has 0 aliphatic carbocycles. The predicted octanol–water partition coefficient (Wildman–Crippen LogP) is 6.40. The number of amides is 1. The normalized spacial score (nSPS) is 10.8. The summed E-state index contributed by atoms with van der Waals surface area (Å²) in [7, 11) is 0. The summed E-state index contributed by atoms with van der Waals surface area (Å²) < 4.78 is 22.9. The van der Waals surface area contributed by atoms with Crippen LogP contribution in [0.1, 0.15) is 50.9 Å². The summed E-state index contributed by atoms with van der Waals surface area (Å²) in [6.07, 6.45) is 1.85. The van der Waals surface area contributed by atoms with Gasteiger partial charge in [-0.1, -0.05) is 33.8 Å². The molecule has 0 bridgehead atoms. The number of hydrogen-bond donors (Lipinski definition) is 3. The van der Waals surface area contributed by atoms with Crippen molar-refractivity contribution in [3.63, 3.8) is 0 Å². The minimum absolute atomic E-state index is 0.299. The maximum Gasteiger partial charge on any atom is 0.265 e. The van der Waals surface area contributed by atoms with E-state index in [0.29, 0.717) is 52.5 Å². The van der Waals surface area contributed by atoms with Gasteiger partial charge in [0, 0.05) is 36.7 Å². The summed E-state index contributed by atoms with van der Waals surface area (Å²) in [5, 5.41) is 7.13. The van der Waals surface area contributed by atoms with E-state index < -0.39 is 5.82 Å². The fourth-order valence-electron chi connectivity index (χ4n) is 3.21. The Labute approximate surface area is 216 Å². The molecule has 0 saturated heterocycles.